The van der Waals surface area contributed by atoms with Crippen molar-refractivity contribution in [3.8, 4) is 11.3 Å². The summed E-state index contributed by atoms with van der Waals surface area (Å²) >= 11 is 7.34. The van der Waals surface area contributed by atoms with E-state index < -0.39 is 26.4 Å². The molecule has 2 aromatic carbocycles. The molecule has 0 fully saturated rings. The lowest BCUT2D eigenvalue weighted by Gasteiger charge is -2.06. The highest BCUT2D eigenvalue weighted by atomic mass is 35.5. The third-order valence-electron chi connectivity index (χ3n) is 4.04. The van der Waals surface area contributed by atoms with E-state index in [1.807, 2.05) is 19.1 Å². The fourth-order valence-corrected chi connectivity index (χ4v) is 4.30. The molecule has 29 heavy (non-hydrogen) atoms. The van der Waals surface area contributed by atoms with Crippen LogP contribution < -0.4 is 5.32 Å². The van der Waals surface area contributed by atoms with E-state index in [0.717, 1.165) is 28.3 Å². The Hall–Kier alpha value is -2.36. The number of nitrogens with zero attached hydrogens (tertiary/aromatic N) is 1. The van der Waals surface area contributed by atoms with E-state index in [1.165, 1.54) is 23.5 Å². The summed E-state index contributed by atoms with van der Waals surface area (Å²) in [6.45, 7) is 2.10. The zero-order chi connectivity index (χ0) is 21.2. The van der Waals surface area contributed by atoms with Crippen LogP contribution in [0.2, 0.25) is 5.02 Å². The summed E-state index contributed by atoms with van der Waals surface area (Å²) in [4.78, 5) is 17.3. The SMILES string of the molecule is Cc1sc(CNC(=O)c2ccc(S(=O)(=O)C(F)F)cc2)nc1-c1ccc(Cl)cc1. The molecule has 10 heteroatoms. The standard InChI is InChI=1S/C19H15ClF2N2O3S2/c1-11-17(12-2-6-14(20)7-3-12)24-16(28-11)10-23-18(25)13-4-8-15(9-5-13)29(26,27)19(21)22/h2-9,19H,10H2,1H3,(H,23,25). The van der Waals surface area contributed by atoms with Gasteiger partial charge >= 0.3 is 5.76 Å². The van der Waals surface area contributed by atoms with Gasteiger partial charge in [0.2, 0.25) is 9.84 Å². The number of carbonyl (C=O) groups is 1. The largest absolute Gasteiger partial charge is 0.346 e. The zero-order valence-electron chi connectivity index (χ0n) is 15.0. The number of carbonyl (C=O) groups excluding carboxylic acids is 1. The minimum atomic E-state index is -4.69. The van der Waals surface area contributed by atoms with Crippen molar-refractivity contribution in [2.24, 2.45) is 0 Å². The van der Waals surface area contributed by atoms with Gasteiger partial charge in [0.25, 0.3) is 5.91 Å². The molecule has 0 atom stereocenters. The summed E-state index contributed by atoms with van der Waals surface area (Å²) in [7, 11) is -4.69. The second kappa shape index (κ2) is 8.56. The quantitative estimate of drug-likeness (QED) is 0.583. The molecule has 5 nitrogen and oxygen atoms in total. The number of sulfone groups is 1. The van der Waals surface area contributed by atoms with Crippen molar-refractivity contribution >= 4 is 38.7 Å². The molecule has 0 unspecified atom stereocenters. The summed E-state index contributed by atoms with van der Waals surface area (Å²) < 4.78 is 48.0. The molecule has 1 aromatic heterocycles. The molecule has 0 radical (unpaired) electrons. The van der Waals surface area contributed by atoms with Crippen LogP contribution in [0.25, 0.3) is 11.3 Å². The smallest absolute Gasteiger partial charge is 0.341 e. The number of nitrogens with one attached hydrogen (secondary N) is 1. The number of halogens is 3. The predicted molar refractivity (Wildman–Crippen MR) is 108 cm³/mol. The van der Waals surface area contributed by atoms with Gasteiger partial charge in [0.15, 0.2) is 0 Å². The van der Waals surface area contributed by atoms with Crippen LogP contribution in [-0.4, -0.2) is 25.1 Å². The molecule has 0 bridgehead atoms. The summed E-state index contributed by atoms with van der Waals surface area (Å²) in [5.74, 6) is -3.97. The molecule has 0 saturated carbocycles. The van der Waals surface area contributed by atoms with Crippen molar-refractivity contribution in [3.63, 3.8) is 0 Å². The average Bonchev–Trinajstić information content (AvgIpc) is 3.07. The van der Waals surface area contributed by atoms with Crippen molar-refractivity contribution in [2.75, 3.05) is 0 Å². The molecule has 1 N–H and O–H groups in total. The van der Waals surface area contributed by atoms with E-state index in [-0.39, 0.29) is 12.1 Å². The molecule has 1 heterocycles. The van der Waals surface area contributed by atoms with Crippen LogP contribution in [0.3, 0.4) is 0 Å². The normalized spacial score (nSPS) is 11.6. The number of benzene rings is 2. The van der Waals surface area contributed by atoms with Gasteiger partial charge in [-0.25, -0.2) is 13.4 Å². The Morgan fingerprint density at radius 1 is 1.14 bits per heavy atom. The summed E-state index contributed by atoms with van der Waals surface area (Å²) in [6.07, 6.45) is 0. The molecule has 0 spiro atoms. The maximum absolute atomic E-state index is 12.6. The van der Waals surface area contributed by atoms with Crippen LogP contribution in [0, 0.1) is 6.92 Å². The predicted octanol–water partition coefficient (Wildman–Crippen LogP) is 4.70. The number of hydrogen-bond acceptors (Lipinski definition) is 5. The summed E-state index contributed by atoms with van der Waals surface area (Å²) in [5, 5.41) is 4.01. The third kappa shape index (κ3) is 4.80. The van der Waals surface area contributed by atoms with E-state index in [0.29, 0.717) is 10.0 Å². The number of rotatable bonds is 6. The monoisotopic (exact) mass is 456 g/mol. The third-order valence-corrected chi connectivity index (χ3v) is 6.66. The molecule has 1 amide bonds. The Morgan fingerprint density at radius 2 is 1.76 bits per heavy atom. The topological polar surface area (TPSA) is 76.1 Å². The van der Waals surface area contributed by atoms with E-state index >= 15 is 0 Å². The van der Waals surface area contributed by atoms with Crippen LogP contribution in [0.15, 0.2) is 53.4 Å². The van der Waals surface area contributed by atoms with Crippen molar-refractivity contribution in [1.29, 1.82) is 0 Å². The van der Waals surface area contributed by atoms with Crippen molar-refractivity contribution in [3.05, 3.63) is 69.0 Å². The lowest BCUT2D eigenvalue weighted by Crippen LogP contribution is -2.22. The van der Waals surface area contributed by atoms with Crippen LogP contribution in [0.1, 0.15) is 20.2 Å². The summed E-state index contributed by atoms with van der Waals surface area (Å²) in [5.41, 5.74) is 1.87. The van der Waals surface area contributed by atoms with Gasteiger partial charge in [-0.1, -0.05) is 23.7 Å². The van der Waals surface area contributed by atoms with Gasteiger partial charge in [-0.15, -0.1) is 11.3 Å². The van der Waals surface area contributed by atoms with Gasteiger partial charge in [-0.05, 0) is 43.3 Å². The molecule has 3 rings (SSSR count). The molecule has 0 aliphatic heterocycles. The number of alkyl halides is 2. The van der Waals surface area contributed by atoms with Gasteiger partial charge in [-0.3, -0.25) is 4.79 Å². The van der Waals surface area contributed by atoms with E-state index in [9.17, 15) is 22.0 Å². The minimum Gasteiger partial charge on any atom is -0.346 e. The lowest BCUT2D eigenvalue weighted by atomic mass is 10.1. The van der Waals surface area contributed by atoms with E-state index in [2.05, 4.69) is 10.3 Å². The van der Waals surface area contributed by atoms with Crippen molar-refractivity contribution in [2.45, 2.75) is 24.1 Å². The Bertz CT molecular complexity index is 1130. The molecular formula is C19H15ClF2N2O3S2. The van der Waals surface area contributed by atoms with Gasteiger partial charge in [0.05, 0.1) is 17.1 Å². The van der Waals surface area contributed by atoms with Crippen molar-refractivity contribution in [1.82, 2.24) is 10.3 Å². The molecule has 0 saturated heterocycles. The Kier molecular flexibility index (Phi) is 6.30. The number of thiazole rings is 1. The lowest BCUT2D eigenvalue weighted by molar-refractivity contribution is 0.0950. The zero-order valence-corrected chi connectivity index (χ0v) is 17.4. The van der Waals surface area contributed by atoms with Crippen LogP contribution in [0.4, 0.5) is 8.78 Å². The Labute approximate surface area is 175 Å². The molecule has 0 aliphatic carbocycles. The van der Waals surface area contributed by atoms with Crippen LogP contribution in [-0.2, 0) is 16.4 Å². The highest BCUT2D eigenvalue weighted by Crippen LogP contribution is 2.28. The molecular weight excluding hydrogens is 442 g/mol. The fraction of sp³-hybridized carbons (Fsp3) is 0.158. The fourth-order valence-electron chi connectivity index (χ4n) is 2.56. The minimum absolute atomic E-state index is 0.157. The second-order valence-electron chi connectivity index (χ2n) is 6.03. The molecule has 3 aromatic rings. The highest BCUT2D eigenvalue weighted by Gasteiger charge is 2.26. The first kappa shape index (κ1) is 21.4. The van der Waals surface area contributed by atoms with E-state index in [1.54, 1.807) is 12.1 Å². The van der Waals surface area contributed by atoms with Crippen LogP contribution in [0.5, 0.6) is 0 Å². The second-order valence-corrected chi connectivity index (χ2v) is 9.67. The first-order chi connectivity index (χ1) is 13.7. The van der Waals surface area contributed by atoms with Gasteiger partial charge in [-0.2, -0.15) is 8.78 Å². The number of aromatic nitrogens is 1. The first-order valence-electron chi connectivity index (χ1n) is 8.31. The van der Waals surface area contributed by atoms with Crippen LogP contribution >= 0.6 is 22.9 Å². The average molecular weight is 457 g/mol. The Balaban J connectivity index is 1.68. The highest BCUT2D eigenvalue weighted by molar-refractivity contribution is 7.91. The van der Waals surface area contributed by atoms with Gasteiger partial charge in [0, 0.05) is 21.0 Å². The maximum atomic E-state index is 12.6. The van der Waals surface area contributed by atoms with Crippen molar-refractivity contribution < 1.29 is 22.0 Å². The van der Waals surface area contributed by atoms with E-state index in [4.69, 9.17) is 11.6 Å². The number of aryl methyl sites for hydroxylation is 1. The number of amides is 1. The van der Waals surface area contributed by atoms with Gasteiger partial charge < -0.3 is 5.32 Å². The number of hydrogen-bond donors (Lipinski definition) is 1. The van der Waals surface area contributed by atoms with Gasteiger partial charge in [0.1, 0.15) is 5.01 Å². The summed E-state index contributed by atoms with van der Waals surface area (Å²) in [6, 6.07) is 11.6. The Morgan fingerprint density at radius 3 is 2.34 bits per heavy atom. The maximum Gasteiger partial charge on any atom is 0.341 e. The first-order valence-corrected chi connectivity index (χ1v) is 11.0. The molecule has 0 aliphatic rings. The molecule has 152 valence electrons.